The van der Waals surface area contributed by atoms with Crippen LogP contribution in [0.3, 0.4) is 0 Å². The zero-order chi connectivity index (χ0) is 15.7. The molecule has 0 spiro atoms. The third-order valence-electron chi connectivity index (χ3n) is 3.71. The molecule has 4 nitrogen and oxygen atoms in total. The summed E-state index contributed by atoms with van der Waals surface area (Å²) in [6.45, 7) is 1.44. The van der Waals surface area contributed by atoms with Crippen molar-refractivity contribution in [3.63, 3.8) is 0 Å². The van der Waals surface area contributed by atoms with Crippen LogP contribution in [0, 0.1) is 5.82 Å². The van der Waals surface area contributed by atoms with E-state index >= 15 is 0 Å². The van der Waals surface area contributed by atoms with Crippen LogP contribution < -0.4 is 10.2 Å². The molecule has 0 aliphatic carbocycles. The number of rotatable bonds is 2. The SMILES string of the molecule is CC(=O)N1c2ccccc2C[C@@H]1C(=O)Nc1cccc(F)c1. The fourth-order valence-corrected chi connectivity index (χ4v) is 2.78. The molecule has 0 unspecified atom stereocenters. The van der Waals surface area contributed by atoms with Gasteiger partial charge in [-0.15, -0.1) is 0 Å². The van der Waals surface area contributed by atoms with E-state index in [0.717, 1.165) is 11.3 Å². The van der Waals surface area contributed by atoms with Crippen LogP contribution in [0.15, 0.2) is 48.5 Å². The lowest BCUT2D eigenvalue weighted by Gasteiger charge is -2.23. The fraction of sp³-hybridized carbons (Fsp3) is 0.176. The summed E-state index contributed by atoms with van der Waals surface area (Å²) in [5.41, 5.74) is 2.09. The van der Waals surface area contributed by atoms with Crippen molar-refractivity contribution in [2.24, 2.45) is 0 Å². The second kappa shape index (κ2) is 5.60. The van der Waals surface area contributed by atoms with E-state index in [0.29, 0.717) is 12.1 Å². The average molecular weight is 298 g/mol. The molecule has 0 radical (unpaired) electrons. The van der Waals surface area contributed by atoms with Crippen LogP contribution in [0.1, 0.15) is 12.5 Å². The zero-order valence-electron chi connectivity index (χ0n) is 12.0. The predicted octanol–water partition coefficient (Wildman–Crippen LogP) is 2.74. The van der Waals surface area contributed by atoms with E-state index in [9.17, 15) is 14.0 Å². The lowest BCUT2D eigenvalue weighted by atomic mass is 10.1. The first-order chi connectivity index (χ1) is 10.6. The number of nitrogens with zero attached hydrogens (tertiary/aromatic N) is 1. The van der Waals surface area contributed by atoms with E-state index in [1.54, 1.807) is 6.07 Å². The number of hydrogen-bond donors (Lipinski definition) is 1. The van der Waals surface area contributed by atoms with Crippen molar-refractivity contribution in [2.75, 3.05) is 10.2 Å². The Bertz CT molecular complexity index is 745. The summed E-state index contributed by atoms with van der Waals surface area (Å²) in [6.07, 6.45) is 0.455. The van der Waals surface area contributed by atoms with Crippen LogP contribution in [-0.4, -0.2) is 17.9 Å². The minimum Gasteiger partial charge on any atom is -0.324 e. The second-order valence-corrected chi connectivity index (χ2v) is 5.24. The summed E-state index contributed by atoms with van der Waals surface area (Å²) < 4.78 is 13.2. The number of carbonyl (C=O) groups is 2. The van der Waals surface area contributed by atoms with E-state index < -0.39 is 11.9 Å². The molecular formula is C17H15FN2O2. The molecule has 2 aromatic rings. The van der Waals surface area contributed by atoms with Gasteiger partial charge in [0.15, 0.2) is 0 Å². The molecule has 0 bridgehead atoms. The lowest BCUT2D eigenvalue weighted by molar-refractivity contribution is -0.122. The highest BCUT2D eigenvalue weighted by Crippen LogP contribution is 2.32. The monoisotopic (exact) mass is 298 g/mol. The number of anilines is 2. The maximum atomic E-state index is 13.2. The normalized spacial score (nSPS) is 16.3. The molecule has 3 rings (SSSR count). The quantitative estimate of drug-likeness (QED) is 0.927. The molecule has 1 heterocycles. The summed E-state index contributed by atoms with van der Waals surface area (Å²) in [5, 5.41) is 2.67. The minimum absolute atomic E-state index is 0.190. The Hall–Kier alpha value is -2.69. The minimum atomic E-state index is -0.613. The number of amides is 2. The van der Waals surface area contributed by atoms with Gasteiger partial charge >= 0.3 is 0 Å². The largest absolute Gasteiger partial charge is 0.324 e. The summed E-state index contributed by atoms with van der Waals surface area (Å²) in [7, 11) is 0. The number of nitrogens with one attached hydrogen (secondary N) is 1. The van der Waals surface area contributed by atoms with E-state index in [1.165, 1.54) is 30.0 Å². The Morgan fingerprint density at radius 2 is 1.95 bits per heavy atom. The third-order valence-corrected chi connectivity index (χ3v) is 3.71. The van der Waals surface area contributed by atoms with Crippen LogP contribution in [0.25, 0.3) is 0 Å². The van der Waals surface area contributed by atoms with Gasteiger partial charge in [-0.1, -0.05) is 24.3 Å². The Kier molecular flexibility index (Phi) is 3.63. The smallest absolute Gasteiger partial charge is 0.247 e. The van der Waals surface area contributed by atoms with Crippen LogP contribution in [0.2, 0.25) is 0 Å². The second-order valence-electron chi connectivity index (χ2n) is 5.24. The molecule has 22 heavy (non-hydrogen) atoms. The van der Waals surface area contributed by atoms with Crippen molar-refractivity contribution >= 4 is 23.2 Å². The fourth-order valence-electron chi connectivity index (χ4n) is 2.78. The van der Waals surface area contributed by atoms with Gasteiger partial charge in [0.25, 0.3) is 0 Å². The molecule has 1 aliphatic heterocycles. The summed E-state index contributed by atoms with van der Waals surface area (Å²) in [6, 6.07) is 12.5. The van der Waals surface area contributed by atoms with E-state index in [1.807, 2.05) is 24.3 Å². The maximum Gasteiger partial charge on any atom is 0.247 e. The highest BCUT2D eigenvalue weighted by molar-refractivity contribution is 6.06. The lowest BCUT2D eigenvalue weighted by Crippen LogP contribution is -2.44. The van der Waals surface area contributed by atoms with Crippen molar-refractivity contribution in [1.29, 1.82) is 0 Å². The highest BCUT2D eigenvalue weighted by Gasteiger charge is 2.36. The Labute approximate surface area is 127 Å². The zero-order valence-corrected chi connectivity index (χ0v) is 12.0. The summed E-state index contributed by atoms with van der Waals surface area (Å²) >= 11 is 0. The maximum absolute atomic E-state index is 13.2. The molecule has 1 N–H and O–H groups in total. The van der Waals surface area contributed by atoms with E-state index in [-0.39, 0.29) is 11.8 Å². The van der Waals surface area contributed by atoms with Crippen molar-refractivity contribution < 1.29 is 14.0 Å². The Balaban J connectivity index is 1.85. The molecule has 0 aromatic heterocycles. The molecule has 5 heteroatoms. The molecule has 0 saturated carbocycles. The Morgan fingerprint density at radius 1 is 1.18 bits per heavy atom. The van der Waals surface area contributed by atoms with Gasteiger partial charge in [-0.3, -0.25) is 14.5 Å². The van der Waals surface area contributed by atoms with Crippen molar-refractivity contribution in [3.05, 3.63) is 59.9 Å². The summed E-state index contributed by atoms with van der Waals surface area (Å²) in [4.78, 5) is 25.9. The summed E-state index contributed by atoms with van der Waals surface area (Å²) in [5.74, 6) is -0.933. The number of fused-ring (bicyclic) bond motifs is 1. The molecule has 1 atom stereocenters. The van der Waals surface area contributed by atoms with Crippen molar-refractivity contribution in [3.8, 4) is 0 Å². The van der Waals surface area contributed by atoms with E-state index in [4.69, 9.17) is 0 Å². The number of benzene rings is 2. The predicted molar refractivity (Wildman–Crippen MR) is 82.1 cm³/mol. The number of carbonyl (C=O) groups excluding carboxylic acids is 2. The van der Waals surface area contributed by atoms with Gasteiger partial charge in [0.2, 0.25) is 11.8 Å². The van der Waals surface area contributed by atoms with Crippen LogP contribution in [-0.2, 0) is 16.0 Å². The van der Waals surface area contributed by atoms with Crippen molar-refractivity contribution in [2.45, 2.75) is 19.4 Å². The molecule has 2 aromatic carbocycles. The number of halogens is 1. The number of para-hydroxylation sites is 1. The molecule has 2 amide bonds. The first kappa shape index (κ1) is 14.3. The molecule has 0 fully saturated rings. The van der Waals surface area contributed by atoms with Crippen molar-refractivity contribution in [1.82, 2.24) is 0 Å². The topological polar surface area (TPSA) is 49.4 Å². The first-order valence-electron chi connectivity index (χ1n) is 7.00. The molecule has 112 valence electrons. The van der Waals surface area contributed by atoms with E-state index in [2.05, 4.69) is 5.32 Å². The van der Waals surface area contributed by atoms with Gasteiger partial charge in [-0.2, -0.15) is 0 Å². The van der Waals surface area contributed by atoms with Gasteiger partial charge < -0.3 is 5.32 Å². The van der Waals surface area contributed by atoms with Crippen LogP contribution in [0.5, 0.6) is 0 Å². The van der Waals surface area contributed by atoms with Gasteiger partial charge in [-0.05, 0) is 29.8 Å². The average Bonchev–Trinajstić information content (AvgIpc) is 2.87. The number of hydrogen-bond acceptors (Lipinski definition) is 2. The molecule has 1 aliphatic rings. The van der Waals surface area contributed by atoms with Gasteiger partial charge in [0, 0.05) is 24.7 Å². The first-order valence-corrected chi connectivity index (χ1v) is 7.00. The Morgan fingerprint density at radius 3 is 2.68 bits per heavy atom. The van der Waals surface area contributed by atoms with Gasteiger partial charge in [-0.25, -0.2) is 4.39 Å². The van der Waals surface area contributed by atoms with Gasteiger partial charge in [0.05, 0.1) is 0 Å². The molecule has 0 saturated heterocycles. The highest BCUT2D eigenvalue weighted by atomic mass is 19.1. The third kappa shape index (κ3) is 2.57. The standard InChI is InChI=1S/C17H15FN2O2/c1-11(21)20-15-8-3-2-5-12(15)9-16(20)17(22)19-14-7-4-6-13(18)10-14/h2-8,10,16H,9H2,1H3,(H,19,22)/t16-/m1/s1. The van der Waals surface area contributed by atoms with Gasteiger partial charge in [0.1, 0.15) is 11.9 Å². The van der Waals surface area contributed by atoms with Crippen LogP contribution in [0.4, 0.5) is 15.8 Å². The van der Waals surface area contributed by atoms with Crippen LogP contribution >= 0.6 is 0 Å². The molecular weight excluding hydrogens is 283 g/mol.